The second-order valence-corrected chi connectivity index (χ2v) is 5.76. The van der Waals surface area contributed by atoms with Crippen molar-refractivity contribution in [3.05, 3.63) is 47.0 Å². The average Bonchev–Trinajstić information content (AvgIpc) is 2.96. The lowest BCUT2D eigenvalue weighted by Gasteiger charge is -2.06. The van der Waals surface area contributed by atoms with Crippen molar-refractivity contribution >= 4 is 28.1 Å². The minimum absolute atomic E-state index is 0.0580. The number of nitrogens with zero attached hydrogens (tertiary/aromatic N) is 1. The molecular weight excluding hydrogens is 324 g/mol. The van der Waals surface area contributed by atoms with Crippen LogP contribution in [-0.4, -0.2) is 22.7 Å². The number of thiazole rings is 1. The van der Waals surface area contributed by atoms with Gasteiger partial charge in [-0.25, -0.2) is 18.6 Å². The van der Waals surface area contributed by atoms with Crippen LogP contribution in [0.1, 0.15) is 16.6 Å². The molecule has 0 aliphatic rings. The average molecular weight is 335 g/mol. The summed E-state index contributed by atoms with van der Waals surface area (Å²) in [7, 11) is 0. The smallest absolute Gasteiger partial charge is 0.349 e. The highest BCUT2D eigenvalue weighted by molar-refractivity contribution is 7.16. The molecule has 23 heavy (non-hydrogen) atoms. The van der Waals surface area contributed by atoms with Crippen LogP contribution in [0.4, 0.5) is 8.78 Å². The molecule has 0 amide bonds. The fraction of sp³-hybridized carbons (Fsp3) is 0.125. The monoisotopic (exact) mass is 335 g/mol. The van der Waals surface area contributed by atoms with E-state index in [9.17, 15) is 18.7 Å². The Morgan fingerprint density at radius 3 is 2.83 bits per heavy atom. The summed E-state index contributed by atoms with van der Waals surface area (Å²) in [4.78, 5) is 16.1. The van der Waals surface area contributed by atoms with Gasteiger partial charge in [0.25, 0.3) is 0 Å². The van der Waals surface area contributed by atoms with Gasteiger partial charge in [-0.15, -0.1) is 11.3 Å². The number of halogens is 2. The Hall–Kier alpha value is -2.54. The molecule has 0 aliphatic carbocycles. The summed E-state index contributed by atoms with van der Waals surface area (Å²) >= 11 is 1.08. The predicted molar refractivity (Wildman–Crippen MR) is 82.6 cm³/mol. The second-order valence-electron chi connectivity index (χ2n) is 4.73. The molecule has 0 saturated carbocycles. The van der Waals surface area contributed by atoms with E-state index >= 15 is 0 Å². The van der Waals surface area contributed by atoms with Crippen LogP contribution in [0.2, 0.25) is 0 Å². The second kappa shape index (κ2) is 5.92. The molecule has 1 heterocycles. The van der Waals surface area contributed by atoms with E-state index in [-0.39, 0.29) is 23.1 Å². The molecule has 1 aromatic heterocycles. The first-order chi connectivity index (χ1) is 11.0. The molecule has 0 spiro atoms. The van der Waals surface area contributed by atoms with Crippen molar-refractivity contribution in [3.8, 4) is 16.3 Å². The van der Waals surface area contributed by atoms with Crippen molar-refractivity contribution in [3.63, 3.8) is 0 Å². The largest absolute Gasteiger partial charge is 0.507 e. The molecule has 0 saturated heterocycles. The first-order valence-electron chi connectivity index (χ1n) is 6.74. The third kappa shape index (κ3) is 2.87. The van der Waals surface area contributed by atoms with E-state index in [4.69, 9.17) is 4.74 Å². The number of hydrogen-bond donors (Lipinski definition) is 1. The van der Waals surface area contributed by atoms with E-state index in [1.807, 2.05) is 0 Å². The van der Waals surface area contributed by atoms with Gasteiger partial charge in [-0.05, 0) is 30.5 Å². The van der Waals surface area contributed by atoms with Gasteiger partial charge in [0.05, 0.1) is 18.2 Å². The molecule has 1 N–H and O–H groups in total. The quantitative estimate of drug-likeness (QED) is 0.731. The fourth-order valence-corrected chi connectivity index (χ4v) is 3.03. The zero-order valence-corrected chi connectivity index (χ0v) is 12.8. The van der Waals surface area contributed by atoms with E-state index in [2.05, 4.69) is 4.98 Å². The van der Waals surface area contributed by atoms with E-state index in [1.54, 1.807) is 6.92 Å². The van der Waals surface area contributed by atoms with Crippen LogP contribution in [0.25, 0.3) is 21.3 Å². The van der Waals surface area contributed by atoms with Gasteiger partial charge in [-0.1, -0.05) is 0 Å². The molecule has 3 rings (SSSR count). The third-order valence-electron chi connectivity index (χ3n) is 3.17. The van der Waals surface area contributed by atoms with Crippen LogP contribution in [0, 0.1) is 11.6 Å². The van der Waals surface area contributed by atoms with Crippen LogP contribution in [-0.2, 0) is 4.74 Å². The highest BCUT2D eigenvalue weighted by atomic mass is 32.1. The molecule has 0 aliphatic heterocycles. The normalized spacial score (nSPS) is 10.9. The number of benzene rings is 2. The zero-order chi connectivity index (χ0) is 16.6. The number of hydrogen-bond acceptors (Lipinski definition) is 5. The lowest BCUT2D eigenvalue weighted by molar-refractivity contribution is 0.0532. The van der Waals surface area contributed by atoms with E-state index in [0.29, 0.717) is 21.5 Å². The molecule has 3 aromatic rings. The number of aromatic nitrogens is 1. The summed E-state index contributed by atoms with van der Waals surface area (Å²) in [6, 6.07) is 4.68. The molecule has 0 atom stereocenters. The number of carbonyl (C=O) groups excluding carboxylic acids is 1. The van der Waals surface area contributed by atoms with Gasteiger partial charge >= 0.3 is 5.97 Å². The van der Waals surface area contributed by atoms with Gasteiger partial charge in [-0.2, -0.15) is 0 Å². The Labute approximate surface area is 134 Å². The van der Waals surface area contributed by atoms with Crippen LogP contribution in [0.5, 0.6) is 5.75 Å². The number of phenolic OH excluding ortho intramolecular Hbond substituents is 1. The van der Waals surface area contributed by atoms with E-state index in [1.165, 1.54) is 18.3 Å². The molecule has 4 nitrogen and oxygen atoms in total. The van der Waals surface area contributed by atoms with Gasteiger partial charge in [-0.3, -0.25) is 0 Å². The third-order valence-corrected chi connectivity index (χ3v) is 4.20. The van der Waals surface area contributed by atoms with E-state index in [0.717, 1.165) is 17.4 Å². The number of aromatic hydroxyl groups is 1. The van der Waals surface area contributed by atoms with Gasteiger partial charge in [0.2, 0.25) is 0 Å². The molecule has 0 fully saturated rings. The molecule has 0 bridgehead atoms. The van der Waals surface area contributed by atoms with Gasteiger partial charge in [0.15, 0.2) is 0 Å². The summed E-state index contributed by atoms with van der Waals surface area (Å²) in [5.74, 6) is -2.38. The molecule has 0 unspecified atom stereocenters. The van der Waals surface area contributed by atoms with E-state index < -0.39 is 17.6 Å². The van der Waals surface area contributed by atoms with Gasteiger partial charge in [0.1, 0.15) is 27.3 Å². The zero-order valence-electron chi connectivity index (χ0n) is 12.0. The number of rotatable bonds is 3. The summed E-state index contributed by atoms with van der Waals surface area (Å²) in [6.45, 7) is 1.95. The highest BCUT2D eigenvalue weighted by Gasteiger charge is 2.15. The van der Waals surface area contributed by atoms with Crippen LogP contribution in [0.3, 0.4) is 0 Å². The van der Waals surface area contributed by atoms with Crippen LogP contribution < -0.4 is 0 Å². The summed E-state index contributed by atoms with van der Waals surface area (Å²) in [5.41, 5.74) is 0.459. The minimum atomic E-state index is -0.838. The molecule has 0 radical (unpaired) electrons. The summed E-state index contributed by atoms with van der Waals surface area (Å²) < 4.78 is 32.0. The maximum atomic E-state index is 13.8. The predicted octanol–water partition coefficient (Wildman–Crippen LogP) is 4.12. The van der Waals surface area contributed by atoms with Crippen molar-refractivity contribution in [2.75, 3.05) is 6.61 Å². The lowest BCUT2D eigenvalue weighted by atomic mass is 10.1. The molecule has 2 aromatic carbocycles. The molecule has 7 heteroatoms. The number of esters is 1. The Morgan fingerprint density at radius 1 is 1.30 bits per heavy atom. The van der Waals surface area contributed by atoms with Gasteiger partial charge < -0.3 is 9.84 Å². The highest BCUT2D eigenvalue weighted by Crippen LogP contribution is 2.35. The van der Waals surface area contributed by atoms with Gasteiger partial charge in [0, 0.05) is 11.6 Å². The summed E-state index contributed by atoms with van der Waals surface area (Å²) in [6.07, 6.45) is 1.37. The van der Waals surface area contributed by atoms with Crippen molar-refractivity contribution < 1.29 is 23.4 Å². The number of ether oxygens (including phenoxy) is 1. The minimum Gasteiger partial charge on any atom is -0.507 e. The van der Waals surface area contributed by atoms with Crippen molar-refractivity contribution in [1.29, 1.82) is 0 Å². The fourth-order valence-electron chi connectivity index (χ4n) is 2.23. The Kier molecular flexibility index (Phi) is 3.96. The SMILES string of the molecule is CCOC(=O)c1cnc(-c2cc(O)c3c(F)cc(F)cc3c2)s1. The first-order valence-corrected chi connectivity index (χ1v) is 7.56. The number of phenols is 1. The Bertz CT molecular complexity index is 908. The van der Waals surface area contributed by atoms with Crippen molar-refractivity contribution in [2.45, 2.75) is 6.92 Å². The maximum Gasteiger partial charge on any atom is 0.349 e. The standard InChI is InChI=1S/C16H11F2NO3S/c1-2-22-16(21)13-7-19-15(23-13)9-3-8-4-10(17)6-11(18)14(8)12(20)5-9/h3-7,20H,2H2,1H3. The van der Waals surface area contributed by atoms with Crippen LogP contribution in [0.15, 0.2) is 30.5 Å². The number of fused-ring (bicyclic) bond motifs is 1. The maximum absolute atomic E-state index is 13.8. The lowest BCUT2D eigenvalue weighted by Crippen LogP contribution is -2.01. The van der Waals surface area contributed by atoms with Crippen molar-refractivity contribution in [1.82, 2.24) is 4.98 Å². The first kappa shape index (κ1) is 15.4. The van der Waals surface area contributed by atoms with Crippen LogP contribution >= 0.6 is 11.3 Å². The Balaban J connectivity index is 2.09. The summed E-state index contributed by atoms with van der Waals surface area (Å²) in [5, 5.41) is 10.6. The number of carbonyl (C=O) groups is 1. The molecule has 118 valence electrons. The Morgan fingerprint density at radius 2 is 2.09 bits per heavy atom. The topological polar surface area (TPSA) is 59.4 Å². The molecular formula is C16H11F2NO3S. The van der Waals surface area contributed by atoms with Crippen molar-refractivity contribution in [2.24, 2.45) is 0 Å².